The van der Waals surface area contributed by atoms with Crippen LogP contribution in [0.5, 0.6) is 0 Å². The Kier molecular flexibility index (Phi) is 3.99. The third-order valence-corrected chi connectivity index (χ3v) is 4.73. The number of hydrogen-bond donors (Lipinski definition) is 0. The van der Waals surface area contributed by atoms with Gasteiger partial charge < -0.3 is 0 Å². The first-order valence-corrected chi connectivity index (χ1v) is 8.67. The summed E-state index contributed by atoms with van der Waals surface area (Å²) in [7, 11) is 0. The summed E-state index contributed by atoms with van der Waals surface area (Å²) in [4.78, 5) is 9.02. The smallest absolute Gasteiger partial charge is 0.129 e. The van der Waals surface area contributed by atoms with Gasteiger partial charge in [0.15, 0.2) is 0 Å². The van der Waals surface area contributed by atoms with E-state index >= 15 is 0 Å². The van der Waals surface area contributed by atoms with Crippen molar-refractivity contribution in [3.05, 3.63) is 70.6 Å². The van der Waals surface area contributed by atoms with Crippen molar-refractivity contribution in [2.75, 3.05) is 0 Å². The summed E-state index contributed by atoms with van der Waals surface area (Å²) in [6.07, 6.45) is 4.12. The first-order valence-electron chi connectivity index (χ1n) is 8.29. The first-order chi connectivity index (χ1) is 12.2. The lowest BCUT2D eigenvalue weighted by atomic mass is 9.93. The van der Waals surface area contributed by atoms with Gasteiger partial charge in [0, 0.05) is 23.4 Å². The van der Waals surface area contributed by atoms with Crippen molar-refractivity contribution in [1.29, 1.82) is 5.26 Å². The molecule has 0 radical (unpaired) electrons. The number of aromatic nitrogens is 2. The van der Waals surface area contributed by atoms with E-state index in [9.17, 15) is 5.26 Å². The molecule has 1 aromatic carbocycles. The van der Waals surface area contributed by atoms with Crippen LogP contribution >= 0.6 is 11.6 Å². The van der Waals surface area contributed by atoms with Crippen LogP contribution in [0.25, 0.3) is 22.4 Å². The second-order valence-corrected chi connectivity index (χ2v) is 6.81. The molecule has 0 unspecified atom stereocenters. The molecule has 4 heteroatoms. The van der Waals surface area contributed by atoms with E-state index < -0.39 is 0 Å². The van der Waals surface area contributed by atoms with E-state index in [4.69, 9.17) is 11.6 Å². The molecular formula is C21H16ClN3. The van der Waals surface area contributed by atoms with Crippen molar-refractivity contribution in [1.82, 2.24) is 9.97 Å². The highest BCUT2D eigenvalue weighted by molar-refractivity contribution is 6.29. The quantitative estimate of drug-likeness (QED) is 0.587. The van der Waals surface area contributed by atoms with E-state index in [1.165, 1.54) is 12.8 Å². The zero-order valence-electron chi connectivity index (χ0n) is 13.8. The molecule has 25 heavy (non-hydrogen) atoms. The van der Waals surface area contributed by atoms with Gasteiger partial charge in [-0.2, -0.15) is 5.26 Å². The summed E-state index contributed by atoms with van der Waals surface area (Å²) in [5, 5.41) is 9.81. The molecule has 2 heterocycles. The predicted octanol–water partition coefficient (Wildman–Crippen LogP) is 5.52. The van der Waals surface area contributed by atoms with E-state index in [2.05, 4.69) is 22.1 Å². The van der Waals surface area contributed by atoms with E-state index in [-0.39, 0.29) is 0 Å². The third kappa shape index (κ3) is 3.14. The number of pyridine rings is 2. The van der Waals surface area contributed by atoms with Crippen LogP contribution in [0.3, 0.4) is 0 Å². The maximum atomic E-state index is 9.31. The third-order valence-electron chi connectivity index (χ3n) is 4.53. The Balaban J connectivity index is 1.94. The Hall–Kier alpha value is -2.70. The number of aryl methyl sites for hydroxylation is 1. The van der Waals surface area contributed by atoms with Crippen LogP contribution in [-0.4, -0.2) is 9.97 Å². The van der Waals surface area contributed by atoms with Crippen LogP contribution in [0.4, 0.5) is 0 Å². The summed E-state index contributed by atoms with van der Waals surface area (Å²) >= 11 is 6.28. The number of rotatable bonds is 3. The molecule has 1 fully saturated rings. The number of hydrogen-bond acceptors (Lipinski definition) is 3. The highest BCUT2D eigenvalue weighted by Gasteiger charge is 2.26. The largest absolute Gasteiger partial charge is 0.256 e. The molecule has 0 spiro atoms. The van der Waals surface area contributed by atoms with Crippen LogP contribution in [0.2, 0.25) is 5.15 Å². The monoisotopic (exact) mass is 345 g/mol. The fraction of sp³-hybridized carbons (Fsp3) is 0.190. The lowest BCUT2D eigenvalue weighted by Crippen LogP contribution is -1.94. The van der Waals surface area contributed by atoms with Gasteiger partial charge in [-0.15, -0.1) is 0 Å². The molecule has 3 aromatic rings. The predicted molar refractivity (Wildman–Crippen MR) is 99.3 cm³/mol. The van der Waals surface area contributed by atoms with Gasteiger partial charge in [0.05, 0.1) is 17.3 Å². The van der Waals surface area contributed by atoms with Crippen molar-refractivity contribution in [2.45, 2.75) is 25.7 Å². The number of nitrogens with zero attached hydrogens (tertiary/aromatic N) is 3. The fourth-order valence-electron chi connectivity index (χ4n) is 3.09. The Bertz CT molecular complexity index is 1000. The summed E-state index contributed by atoms with van der Waals surface area (Å²) in [5.41, 5.74) is 6.61. The molecule has 1 aliphatic carbocycles. The minimum Gasteiger partial charge on any atom is -0.256 e. The van der Waals surface area contributed by atoms with Gasteiger partial charge in [0.1, 0.15) is 5.15 Å². The first kappa shape index (κ1) is 15.8. The second kappa shape index (κ2) is 6.31. The zero-order valence-corrected chi connectivity index (χ0v) is 14.6. The molecule has 2 aromatic heterocycles. The highest BCUT2D eigenvalue weighted by Crippen LogP contribution is 2.42. The number of benzene rings is 1. The van der Waals surface area contributed by atoms with Gasteiger partial charge in [-0.3, -0.25) is 4.98 Å². The Morgan fingerprint density at radius 3 is 2.68 bits per heavy atom. The van der Waals surface area contributed by atoms with Gasteiger partial charge in [-0.05, 0) is 66.8 Å². The standard InChI is InChI=1S/C21H16ClN3/c1-13-3-2-8-24-21(13)18-9-14(12-23)4-7-17(18)16-10-19(15-5-6-15)25-20(22)11-16/h2-4,7-11,15H,5-6H2,1H3. The van der Waals surface area contributed by atoms with Crippen LogP contribution < -0.4 is 0 Å². The van der Waals surface area contributed by atoms with Crippen molar-refractivity contribution >= 4 is 11.6 Å². The van der Waals surface area contributed by atoms with Crippen molar-refractivity contribution in [2.24, 2.45) is 0 Å². The second-order valence-electron chi connectivity index (χ2n) is 6.42. The van der Waals surface area contributed by atoms with Gasteiger partial charge >= 0.3 is 0 Å². The molecule has 3 nitrogen and oxygen atoms in total. The van der Waals surface area contributed by atoms with E-state index in [1.807, 2.05) is 43.3 Å². The zero-order chi connectivity index (χ0) is 17.4. The minimum absolute atomic E-state index is 0.507. The van der Waals surface area contributed by atoms with Crippen LogP contribution in [0.1, 0.15) is 35.6 Å². The van der Waals surface area contributed by atoms with E-state index in [0.717, 1.165) is 33.6 Å². The fourth-order valence-corrected chi connectivity index (χ4v) is 3.31. The van der Waals surface area contributed by atoms with Crippen LogP contribution in [-0.2, 0) is 0 Å². The number of halogens is 1. The number of nitriles is 1. The molecule has 0 atom stereocenters. The van der Waals surface area contributed by atoms with Crippen molar-refractivity contribution < 1.29 is 0 Å². The molecule has 1 saturated carbocycles. The lowest BCUT2D eigenvalue weighted by Gasteiger charge is -2.13. The Morgan fingerprint density at radius 1 is 1.12 bits per heavy atom. The van der Waals surface area contributed by atoms with Gasteiger partial charge in [0.2, 0.25) is 0 Å². The molecule has 0 bridgehead atoms. The van der Waals surface area contributed by atoms with Gasteiger partial charge in [0.25, 0.3) is 0 Å². The van der Waals surface area contributed by atoms with Crippen molar-refractivity contribution in [3.63, 3.8) is 0 Å². The van der Waals surface area contributed by atoms with Gasteiger partial charge in [-0.1, -0.05) is 23.7 Å². The van der Waals surface area contributed by atoms with E-state index in [1.54, 1.807) is 6.20 Å². The molecule has 0 saturated heterocycles. The molecule has 1 aliphatic rings. The molecular weight excluding hydrogens is 330 g/mol. The Labute approximate surface area is 151 Å². The summed E-state index contributed by atoms with van der Waals surface area (Å²) in [5.74, 6) is 0.524. The van der Waals surface area contributed by atoms with Gasteiger partial charge in [-0.25, -0.2) is 4.98 Å². The molecule has 4 rings (SSSR count). The Morgan fingerprint density at radius 2 is 1.96 bits per heavy atom. The minimum atomic E-state index is 0.507. The summed E-state index contributed by atoms with van der Waals surface area (Å²) in [6, 6.07) is 15.9. The normalized spacial score (nSPS) is 13.5. The molecule has 0 aliphatic heterocycles. The van der Waals surface area contributed by atoms with Crippen LogP contribution in [0.15, 0.2) is 48.7 Å². The molecule has 0 N–H and O–H groups in total. The topological polar surface area (TPSA) is 49.6 Å². The molecule has 0 amide bonds. The average Bonchev–Trinajstić information content (AvgIpc) is 3.46. The lowest BCUT2D eigenvalue weighted by molar-refractivity contribution is 1.02. The van der Waals surface area contributed by atoms with Crippen molar-refractivity contribution in [3.8, 4) is 28.5 Å². The average molecular weight is 346 g/mol. The van der Waals surface area contributed by atoms with Crippen LogP contribution in [0, 0.1) is 18.3 Å². The maximum absolute atomic E-state index is 9.31. The molecule has 122 valence electrons. The van der Waals surface area contributed by atoms with E-state index in [0.29, 0.717) is 16.6 Å². The maximum Gasteiger partial charge on any atom is 0.129 e. The highest BCUT2D eigenvalue weighted by atomic mass is 35.5. The summed E-state index contributed by atoms with van der Waals surface area (Å²) in [6.45, 7) is 2.03. The summed E-state index contributed by atoms with van der Waals surface area (Å²) < 4.78 is 0. The SMILES string of the molecule is Cc1cccnc1-c1cc(C#N)ccc1-c1cc(Cl)nc(C2CC2)c1.